The molecular formula is C25H33F6N7O. The summed E-state index contributed by atoms with van der Waals surface area (Å²) in [6.07, 6.45) is -1.22. The molecule has 0 radical (unpaired) electrons. The summed E-state index contributed by atoms with van der Waals surface area (Å²) in [6, 6.07) is 2.57. The molecule has 4 N–H and O–H groups in total. The molecule has 0 spiro atoms. The zero-order valence-electron chi connectivity index (χ0n) is 21.6. The first-order valence-corrected chi connectivity index (χ1v) is 13.3. The molecule has 1 aliphatic carbocycles. The Morgan fingerprint density at radius 3 is 2.23 bits per heavy atom. The highest BCUT2D eigenvalue weighted by Gasteiger charge is 2.39. The second-order valence-corrected chi connectivity index (χ2v) is 9.88. The topological polar surface area (TPSA) is 96.0 Å². The minimum atomic E-state index is -5.27. The quantitative estimate of drug-likeness (QED) is 0.201. The van der Waals surface area contributed by atoms with Crippen LogP contribution in [0, 0.1) is 0 Å². The Kier molecular flexibility index (Phi) is 9.23. The molecule has 2 heterocycles. The van der Waals surface area contributed by atoms with E-state index in [1.54, 1.807) is 0 Å². The van der Waals surface area contributed by atoms with Crippen molar-refractivity contribution in [1.82, 2.24) is 20.3 Å². The molecule has 2 unspecified atom stereocenters. The van der Waals surface area contributed by atoms with Crippen LogP contribution in [0.1, 0.15) is 70.3 Å². The molecule has 14 heteroatoms. The van der Waals surface area contributed by atoms with Gasteiger partial charge < -0.3 is 26.0 Å². The fourth-order valence-corrected chi connectivity index (χ4v) is 5.05. The van der Waals surface area contributed by atoms with Crippen molar-refractivity contribution >= 4 is 23.5 Å². The first kappa shape index (κ1) is 29.0. The molecule has 1 aromatic heterocycles. The van der Waals surface area contributed by atoms with Gasteiger partial charge in [0.1, 0.15) is 5.75 Å². The molecule has 2 aliphatic rings. The summed E-state index contributed by atoms with van der Waals surface area (Å²) in [5, 5.41) is 12.8. The van der Waals surface area contributed by atoms with Crippen LogP contribution in [0.15, 0.2) is 18.2 Å². The van der Waals surface area contributed by atoms with E-state index in [1.807, 2.05) is 6.92 Å². The fraction of sp³-hybridized carbons (Fsp3) is 0.640. The number of ether oxygens (including phenoxy) is 1. The number of aromatic nitrogens is 3. The maximum atomic E-state index is 13.6. The number of benzene rings is 1. The monoisotopic (exact) mass is 561 g/mol. The second kappa shape index (κ2) is 12.4. The number of halogens is 6. The van der Waals surface area contributed by atoms with Crippen molar-refractivity contribution in [2.24, 2.45) is 0 Å². The Bertz CT molecular complexity index is 1080. The molecule has 8 nitrogen and oxygen atoms in total. The Labute approximate surface area is 222 Å². The molecule has 1 saturated heterocycles. The molecule has 0 amide bonds. The summed E-state index contributed by atoms with van der Waals surface area (Å²) < 4.78 is 82.2. The molecule has 0 bridgehead atoms. The minimum absolute atomic E-state index is 0.0177. The summed E-state index contributed by atoms with van der Waals surface area (Å²) in [4.78, 5) is 13.3. The van der Waals surface area contributed by atoms with E-state index in [4.69, 9.17) is 0 Å². The molecule has 39 heavy (non-hydrogen) atoms. The van der Waals surface area contributed by atoms with Gasteiger partial charge in [0.15, 0.2) is 0 Å². The van der Waals surface area contributed by atoms with Crippen molar-refractivity contribution in [3.05, 3.63) is 23.8 Å². The number of alkyl halides is 6. The normalized spacial score (nSPS) is 19.8. The van der Waals surface area contributed by atoms with E-state index in [0.717, 1.165) is 70.4 Å². The van der Waals surface area contributed by atoms with Gasteiger partial charge in [-0.1, -0.05) is 32.6 Å². The Balaban J connectivity index is 1.62. The van der Waals surface area contributed by atoms with E-state index in [-0.39, 0.29) is 41.7 Å². The van der Waals surface area contributed by atoms with Crippen LogP contribution in [0.25, 0.3) is 0 Å². The lowest BCUT2D eigenvalue weighted by molar-refractivity contribution is -0.276. The zero-order valence-corrected chi connectivity index (χ0v) is 21.6. The molecule has 2 atom stereocenters. The predicted molar refractivity (Wildman–Crippen MR) is 135 cm³/mol. The van der Waals surface area contributed by atoms with E-state index >= 15 is 0 Å². The summed E-state index contributed by atoms with van der Waals surface area (Å²) in [5.41, 5.74) is -1.73. The standard InChI is InChI=1S/C25H33F6N7O/c1-2-18(19-10-7-13-32-19)35-23-37-21(33-15-8-5-3-4-6-9-15)36-22(38-23)34-16-11-12-20(39-25(29,30)31)17(14-16)24(26,27)28/h11-12,14-15,18-19,32H,2-10,13H2,1H3,(H3,33,34,35,36,37,38). The van der Waals surface area contributed by atoms with Gasteiger partial charge in [0.2, 0.25) is 17.8 Å². The number of nitrogens with zero attached hydrogens (tertiary/aromatic N) is 3. The van der Waals surface area contributed by atoms with Crippen molar-refractivity contribution in [3.63, 3.8) is 0 Å². The zero-order chi connectivity index (χ0) is 28.0. The van der Waals surface area contributed by atoms with Crippen LogP contribution in [0.5, 0.6) is 5.75 Å². The van der Waals surface area contributed by atoms with Crippen molar-refractivity contribution < 1.29 is 31.1 Å². The smallest absolute Gasteiger partial charge is 0.405 e. The van der Waals surface area contributed by atoms with Gasteiger partial charge in [-0.15, -0.1) is 13.2 Å². The number of nitrogens with one attached hydrogen (secondary N) is 4. The van der Waals surface area contributed by atoms with Crippen LogP contribution in [0.3, 0.4) is 0 Å². The molecule has 216 valence electrons. The summed E-state index contributed by atoms with van der Waals surface area (Å²) in [6.45, 7) is 2.95. The van der Waals surface area contributed by atoms with Crippen LogP contribution in [0.4, 0.5) is 49.9 Å². The lowest BCUT2D eigenvalue weighted by atomic mass is 10.0. The molecule has 1 aromatic carbocycles. The van der Waals surface area contributed by atoms with Crippen molar-refractivity contribution in [1.29, 1.82) is 0 Å². The third-order valence-electron chi connectivity index (χ3n) is 6.93. The maximum absolute atomic E-state index is 13.6. The molecule has 4 rings (SSSR count). The molecule has 1 aliphatic heterocycles. The first-order valence-electron chi connectivity index (χ1n) is 13.3. The largest absolute Gasteiger partial charge is 0.573 e. The molecule has 1 saturated carbocycles. The predicted octanol–water partition coefficient (Wildman–Crippen LogP) is 6.61. The summed E-state index contributed by atoms with van der Waals surface area (Å²) >= 11 is 0. The van der Waals surface area contributed by atoms with Gasteiger partial charge in [0.05, 0.1) is 5.56 Å². The number of rotatable bonds is 9. The van der Waals surface area contributed by atoms with Gasteiger partial charge in [-0.2, -0.15) is 28.1 Å². The SMILES string of the molecule is CCC(Nc1nc(Nc2ccc(OC(F)(F)F)c(C(F)(F)F)c2)nc(NC2CCCCCC2)n1)C1CCCN1. The van der Waals surface area contributed by atoms with Gasteiger partial charge in [-0.3, -0.25) is 0 Å². The van der Waals surface area contributed by atoms with Gasteiger partial charge in [0, 0.05) is 23.8 Å². The molecular weight excluding hydrogens is 528 g/mol. The third-order valence-corrected chi connectivity index (χ3v) is 6.93. The van der Waals surface area contributed by atoms with Crippen LogP contribution < -0.4 is 26.0 Å². The Morgan fingerprint density at radius 1 is 0.923 bits per heavy atom. The number of hydrogen-bond acceptors (Lipinski definition) is 8. The van der Waals surface area contributed by atoms with E-state index < -0.39 is 23.9 Å². The van der Waals surface area contributed by atoms with E-state index in [2.05, 4.69) is 41.0 Å². The first-order chi connectivity index (χ1) is 18.5. The minimum Gasteiger partial charge on any atom is -0.405 e. The highest BCUT2D eigenvalue weighted by molar-refractivity contribution is 5.59. The Morgan fingerprint density at radius 2 is 1.62 bits per heavy atom. The van der Waals surface area contributed by atoms with Crippen LogP contribution in [-0.4, -0.2) is 46.0 Å². The highest BCUT2D eigenvalue weighted by atomic mass is 19.4. The van der Waals surface area contributed by atoms with Crippen molar-refractivity contribution in [2.45, 2.75) is 95.4 Å². The third kappa shape index (κ3) is 8.48. The molecule has 2 aromatic rings. The van der Waals surface area contributed by atoms with E-state index in [9.17, 15) is 26.3 Å². The average molecular weight is 562 g/mol. The van der Waals surface area contributed by atoms with Crippen molar-refractivity contribution in [2.75, 3.05) is 22.5 Å². The van der Waals surface area contributed by atoms with Crippen molar-refractivity contribution in [3.8, 4) is 5.75 Å². The van der Waals surface area contributed by atoms with Gasteiger partial charge in [-0.25, -0.2) is 0 Å². The van der Waals surface area contributed by atoms with Crippen LogP contribution in [-0.2, 0) is 6.18 Å². The van der Waals surface area contributed by atoms with Gasteiger partial charge in [0.25, 0.3) is 0 Å². The highest BCUT2D eigenvalue weighted by Crippen LogP contribution is 2.40. The average Bonchev–Trinajstić information content (AvgIpc) is 3.27. The van der Waals surface area contributed by atoms with E-state index in [1.165, 1.54) is 0 Å². The lowest BCUT2D eigenvalue weighted by Gasteiger charge is -2.24. The summed E-state index contributed by atoms with van der Waals surface area (Å²) in [7, 11) is 0. The second-order valence-electron chi connectivity index (χ2n) is 9.88. The lowest BCUT2D eigenvalue weighted by Crippen LogP contribution is -2.40. The van der Waals surface area contributed by atoms with Gasteiger partial charge >= 0.3 is 12.5 Å². The van der Waals surface area contributed by atoms with E-state index in [0.29, 0.717) is 12.1 Å². The maximum Gasteiger partial charge on any atom is 0.573 e. The number of hydrogen-bond donors (Lipinski definition) is 4. The Hall–Kier alpha value is -3.03. The fourth-order valence-electron chi connectivity index (χ4n) is 5.05. The molecule has 2 fully saturated rings. The van der Waals surface area contributed by atoms with Crippen LogP contribution in [0.2, 0.25) is 0 Å². The van der Waals surface area contributed by atoms with Gasteiger partial charge in [-0.05, 0) is 56.8 Å². The number of anilines is 4. The summed E-state index contributed by atoms with van der Waals surface area (Å²) in [5.74, 6) is -0.874. The van der Waals surface area contributed by atoms with Crippen LogP contribution >= 0.6 is 0 Å².